The van der Waals surface area contributed by atoms with Gasteiger partial charge in [-0.15, -0.1) is 0 Å². The lowest BCUT2D eigenvalue weighted by molar-refractivity contribution is 0.356. The van der Waals surface area contributed by atoms with E-state index in [1.807, 2.05) is 48.5 Å². The Balaban J connectivity index is 2.25. The van der Waals surface area contributed by atoms with Gasteiger partial charge in [0.15, 0.2) is 0 Å². The van der Waals surface area contributed by atoms with Crippen LogP contribution in [0.3, 0.4) is 0 Å². The standard InChI is InChI=1S/C21H15BrClN3O3/c1-28-19-15-17(24-21(25-19)29-2)16(22)18(13-10-6-7-11-14(13)23)26(20(15)27)12-8-4-3-5-9-12/h3-11H,1-2H3. The van der Waals surface area contributed by atoms with Crippen molar-refractivity contribution < 1.29 is 9.47 Å². The maximum atomic E-state index is 13.7. The summed E-state index contributed by atoms with van der Waals surface area (Å²) >= 11 is 10.1. The van der Waals surface area contributed by atoms with Crippen molar-refractivity contribution in [3.63, 3.8) is 0 Å². The number of methoxy groups -OCH3 is 2. The monoisotopic (exact) mass is 471 g/mol. The van der Waals surface area contributed by atoms with Crippen LogP contribution in [0.5, 0.6) is 11.9 Å². The Hall–Kier alpha value is -2.90. The van der Waals surface area contributed by atoms with E-state index >= 15 is 0 Å². The van der Waals surface area contributed by atoms with Crippen molar-refractivity contribution in [1.29, 1.82) is 0 Å². The highest BCUT2D eigenvalue weighted by atomic mass is 79.9. The first kappa shape index (κ1) is 19.4. The molecule has 2 aromatic carbocycles. The molecular weight excluding hydrogens is 458 g/mol. The fourth-order valence-corrected chi connectivity index (χ4v) is 4.05. The van der Waals surface area contributed by atoms with Gasteiger partial charge < -0.3 is 9.47 Å². The third-order valence-corrected chi connectivity index (χ3v) is 5.51. The molecule has 0 saturated heterocycles. The molecular formula is C21H15BrClN3O3. The number of hydrogen-bond acceptors (Lipinski definition) is 5. The third kappa shape index (κ3) is 3.26. The Bertz CT molecular complexity index is 1280. The maximum absolute atomic E-state index is 13.7. The molecule has 0 N–H and O–H groups in total. The summed E-state index contributed by atoms with van der Waals surface area (Å²) in [5, 5.41) is 0.740. The van der Waals surface area contributed by atoms with Crippen LogP contribution >= 0.6 is 27.5 Å². The van der Waals surface area contributed by atoms with Crippen molar-refractivity contribution in [2.24, 2.45) is 0 Å². The van der Waals surface area contributed by atoms with E-state index in [-0.39, 0.29) is 22.8 Å². The summed E-state index contributed by atoms with van der Waals surface area (Å²) in [6.45, 7) is 0. The number of benzene rings is 2. The lowest BCUT2D eigenvalue weighted by Crippen LogP contribution is -2.22. The van der Waals surface area contributed by atoms with Crippen LogP contribution in [-0.2, 0) is 0 Å². The zero-order chi connectivity index (χ0) is 20.5. The molecule has 0 radical (unpaired) electrons. The molecule has 0 spiro atoms. The second-order valence-electron chi connectivity index (χ2n) is 6.06. The van der Waals surface area contributed by atoms with Crippen molar-refractivity contribution >= 4 is 38.4 Å². The van der Waals surface area contributed by atoms with Gasteiger partial charge >= 0.3 is 6.01 Å². The van der Waals surface area contributed by atoms with Gasteiger partial charge in [-0.25, -0.2) is 0 Å². The van der Waals surface area contributed by atoms with Crippen LogP contribution in [0.4, 0.5) is 0 Å². The quantitative estimate of drug-likeness (QED) is 0.423. The summed E-state index contributed by atoms with van der Waals surface area (Å²) in [5.74, 6) is 0.132. The lowest BCUT2D eigenvalue weighted by Gasteiger charge is -2.18. The van der Waals surface area contributed by atoms with Gasteiger partial charge in [0.05, 0.1) is 24.4 Å². The zero-order valence-electron chi connectivity index (χ0n) is 15.5. The lowest BCUT2D eigenvalue weighted by atomic mass is 10.1. The Morgan fingerprint density at radius 3 is 2.31 bits per heavy atom. The first-order chi connectivity index (χ1) is 14.1. The summed E-state index contributed by atoms with van der Waals surface area (Å²) in [6, 6.07) is 16.7. The average Bonchev–Trinajstić information content (AvgIpc) is 2.76. The molecule has 0 aliphatic carbocycles. The molecule has 0 saturated carbocycles. The molecule has 0 bridgehead atoms. The predicted molar refractivity (Wildman–Crippen MR) is 116 cm³/mol. The minimum Gasteiger partial charge on any atom is -0.480 e. The van der Waals surface area contributed by atoms with Gasteiger partial charge in [0.2, 0.25) is 5.88 Å². The van der Waals surface area contributed by atoms with E-state index in [0.29, 0.717) is 32.0 Å². The van der Waals surface area contributed by atoms with Gasteiger partial charge in [-0.1, -0.05) is 48.0 Å². The number of para-hydroxylation sites is 1. The predicted octanol–water partition coefficient (Wildman–Crippen LogP) is 4.88. The molecule has 0 fully saturated rings. The minimum atomic E-state index is -0.330. The first-order valence-electron chi connectivity index (χ1n) is 8.61. The van der Waals surface area contributed by atoms with E-state index in [9.17, 15) is 4.79 Å². The molecule has 0 atom stereocenters. The van der Waals surface area contributed by atoms with E-state index in [1.165, 1.54) is 14.2 Å². The average molecular weight is 473 g/mol. The van der Waals surface area contributed by atoms with Crippen LogP contribution in [-0.4, -0.2) is 28.8 Å². The van der Waals surface area contributed by atoms with E-state index in [2.05, 4.69) is 25.9 Å². The highest BCUT2D eigenvalue weighted by molar-refractivity contribution is 9.10. The van der Waals surface area contributed by atoms with E-state index in [4.69, 9.17) is 21.1 Å². The second-order valence-corrected chi connectivity index (χ2v) is 7.26. The van der Waals surface area contributed by atoms with Gasteiger partial charge in [0.1, 0.15) is 10.9 Å². The van der Waals surface area contributed by atoms with Gasteiger partial charge in [-0.2, -0.15) is 9.97 Å². The smallest absolute Gasteiger partial charge is 0.320 e. The normalized spacial score (nSPS) is 10.9. The molecule has 0 aliphatic heterocycles. The molecule has 2 heterocycles. The molecule has 29 heavy (non-hydrogen) atoms. The number of ether oxygens (including phenoxy) is 2. The zero-order valence-corrected chi connectivity index (χ0v) is 17.9. The molecule has 2 aromatic heterocycles. The maximum Gasteiger partial charge on any atom is 0.320 e. The van der Waals surface area contributed by atoms with Crippen molar-refractivity contribution in [2.75, 3.05) is 14.2 Å². The van der Waals surface area contributed by atoms with Crippen molar-refractivity contribution in [3.05, 3.63) is 74.4 Å². The van der Waals surface area contributed by atoms with Gasteiger partial charge in [-0.05, 0) is 34.1 Å². The highest BCUT2D eigenvalue weighted by Crippen LogP contribution is 2.39. The number of pyridine rings is 1. The minimum absolute atomic E-state index is 0.0945. The molecule has 6 nitrogen and oxygen atoms in total. The van der Waals surface area contributed by atoms with Crippen LogP contribution in [0.25, 0.3) is 27.8 Å². The second kappa shape index (κ2) is 7.85. The van der Waals surface area contributed by atoms with Gasteiger partial charge in [0, 0.05) is 16.3 Å². The first-order valence-corrected chi connectivity index (χ1v) is 9.78. The number of fused-ring (bicyclic) bond motifs is 1. The number of aromatic nitrogens is 3. The molecule has 0 aliphatic rings. The molecule has 8 heteroatoms. The van der Waals surface area contributed by atoms with Crippen LogP contribution < -0.4 is 15.0 Å². The van der Waals surface area contributed by atoms with Crippen LogP contribution in [0, 0.1) is 0 Å². The van der Waals surface area contributed by atoms with Crippen molar-refractivity contribution in [3.8, 4) is 28.8 Å². The van der Waals surface area contributed by atoms with Gasteiger partial charge in [0.25, 0.3) is 5.56 Å². The van der Waals surface area contributed by atoms with E-state index in [1.54, 1.807) is 10.6 Å². The number of halogens is 2. The Kier molecular flexibility index (Phi) is 5.25. The molecule has 4 rings (SSSR count). The van der Waals surface area contributed by atoms with Crippen LogP contribution in [0.1, 0.15) is 0 Å². The highest BCUT2D eigenvalue weighted by Gasteiger charge is 2.24. The van der Waals surface area contributed by atoms with E-state index < -0.39 is 0 Å². The number of hydrogen-bond donors (Lipinski definition) is 0. The largest absolute Gasteiger partial charge is 0.480 e. The van der Waals surface area contributed by atoms with Crippen molar-refractivity contribution in [1.82, 2.24) is 14.5 Å². The third-order valence-electron chi connectivity index (χ3n) is 4.43. The summed E-state index contributed by atoms with van der Waals surface area (Å²) in [6.07, 6.45) is 0. The van der Waals surface area contributed by atoms with E-state index in [0.717, 1.165) is 0 Å². The summed E-state index contributed by atoms with van der Waals surface area (Å²) in [5.41, 5.74) is 1.97. The van der Waals surface area contributed by atoms with Crippen LogP contribution in [0.15, 0.2) is 63.9 Å². The Morgan fingerprint density at radius 1 is 0.966 bits per heavy atom. The number of nitrogens with zero attached hydrogens (tertiary/aromatic N) is 3. The molecule has 0 unspecified atom stereocenters. The van der Waals surface area contributed by atoms with Crippen molar-refractivity contribution in [2.45, 2.75) is 0 Å². The molecule has 4 aromatic rings. The summed E-state index contributed by atoms with van der Waals surface area (Å²) in [4.78, 5) is 22.2. The summed E-state index contributed by atoms with van der Waals surface area (Å²) in [7, 11) is 2.90. The SMILES string of the molecule is COc1nc(OC)c2c(=O)n(-c3ccccc3)c(-c3ccccc3Cl)c(Br)c2n1. The van der Waals surface area contributed by atoms with Gasteiger partial charge in [-0.3, -0.25) is 9.36 Å². The Morgan fingerprint density at radius 2 is 1.66 bits per heavy atom. The molecule has 0 amide bonds. The van der Waals surface area contributed by atoms with Crippen LogP contribution in [0.2, 0.25) is 5.02 Å². The Labute approximate surface area is 179 Å². The fourth-order valence-electron chi connectivity index (χ4n) is 3.15. The topological polar surface area (TPSA) is 66.2 Å². The summed E-state index contributed by atoms with van der Waals surface area (Å²) < 4.78 is 12.7. The fraction of sp³-hybridized carbons (Fsp3) is 0.0952. The molecule has 146 valence electrons. The number of rotatable bonds is 4.